The van der Waals surface area contributed by atoms with E-state index in [0.717, 1.165) is 36.9 Å². The molecular weight excluding hydrogens is 340 g/mol. The molecule has 24 heavy (non-hydrogen) atoms. The lowest BCUT2D eigenvalue weighted by atomic mass is 9.97. The highest BCUT2D eigenvalue weighted by Crippen LogP contribution is 2.35. The minimum absolute atomic E-state index is 0. The molecule has 1 aromatic carbocycles. The van der Waals surface area contributed by atoms with Crippen LogP contribution in [0.5, 0.6) is 0 Å². The molecule has 2 N–H and O–H groups in total. The van der Waals surface area contributed by atoms with Crippen LogP contribution in [-0.4, -0.2) is 24.2 Å². The van der Waals surface area contributed by atoms with Gasteiger partial charge in [-0.2, -0.15) is 0 Å². The number of nitrogens with one attached hydrogen (secondary N) is 2. The molecule has 0 atom stereocenters. The third-order valence-corrected chi connectivity index (χ3v) is 6.35. The summed E-state index contributed by atoms with van der Waals surface area (Å²) >= 11 is 2.01. The summed E-state index contributed by atoms with van der Waals surface area (Å²) in [5.74, 6) is 0.342. The second kappa shape index (κ2) is 9.69. The number of hydrogen-bond donors (Lipinski definition) is 2. The Labute approximate surface area is 156 Å². The molecule has 1 aliphatic heterocycles. The zero-order chi connectivity index (χ0) is 16.1. The van der Waals surface area contributed by atoms with Gasteiger partial charge in [0.15, 0.2) is 0 Å². The monoisotopic (exact) mass is 368 g/mol. The number of benzene rings is 1. The summed E-state index contributed by atoms with van der Waals surface area (Å²) in [5, 5.41) is 7.22. The number of carbonyl (C=O) groups excluding carboxylic acids is 1. The van der Waals surface area contributed by atoms with E-state index in [1.165, 1.54) is 42.6 Å². The Bertz CT molecular complexity index is 540. The first-order valence-electron chi connectivity index (χ1n) is 9.01. The molecule has 5 heteroatoms. The molecular formula is C19H29ClN2OS. The van der Waals surface area contributed by atoms with Gasteiger partial charge in [0, 0.05) is 21.8 Å². The number of thioether (sulfide) groups is 1. The Balaban J connectivity index is 0.00000208. The minimum atomic E-state index is 0. The van der Waals surface area contributed by atoms with Crippen molar-refractivity contribution in [1.29, 1.82) is 0 Å². The lowest BCUT2D eigenvalue weighted by molar-refractivity contribution is -0.120. The second-order valence-electron chi connectivity index (χ2n) is 6.87. The van der Waals surface area contributed by atoms with Crippen molar-refractivity contribution < 1.29 is 4.79 Å². The SMILES string of the molecule is Cc1cc(SC2CCCCC2)ccc1NC(=O)C1CCNCC1.Cl. The predicted molar refractivity (Wildman–Crippen MR) is 105 cm³/mol. The van der Waals surface area contributed by atoms with Gasteiger partial charge in [0.05, 0.1) is 0 Å². The molecule has 2 fully saturated rings. The van der Waals surface area contributed by atoms with Crippen molar-refractivity contribution in [3.63, 3.8) is 0 Å². The van der Waals surface area contributed by atoms with Crippen molar-refractivity contribution in [2.24, 2.45) is 5.92 Å². The van der Waals surface area contributed by atoms with Gasteiger partial charge < -0.3 is 10.6 Å². The van der Waals surface area contributed by atoms with Crippen LogP contribution in [0.3, 0.4) is 0 Å². The fourth-order valence-corrected chi connectivity index (χ4v) is 4.89. The largest absolute Gasteiger partial charge is 0.326 e. The van der Waals surface area contributed by atoms with Crippen molar-refractivity contribution in [1.82, 2.24) is 5.32 Å². The number of amides is 1. The second-order valence-corrected chi connectivity index (χ2v) is 8.24. The van der Waals surface area contributed by atoms with E-state index in [1.807, 2.05) is 11.8 Å². The molecule has 0 bridgehead atoms. The maximum absolute atomic E-state index is 12.4. The maximum atomic E-state index is 12.4. The first-order chi connectivity index (χ1) is 11.2. The van der Waals surface area contributed by atoms with Crippen LogP contribution in [0, 0.1) is 12.8 Å². The van der Waals surface area contributed by atoms with Gasteiger partial charge in [0.1, 0.15) is 0 Å². The van der Waals surface area contributed by atoms with Crippen LogP contribution in [0.15, 0.2) is 23.1 Å². The lowest BCUT2D eigenvalue weighted by Gasteiger charge is -2.23. The van der Waals surface area contributed by atoms with Crippen molar-refractivity contribution in [2.45, 2.75) is 62.0 Å². The van der Waals surface area contributed by atoms with E-state index in [0.29, 0.717) is 0 Å². The van der Waals surface area contributed by atoms with E-state index in [4.69, 9.17) is 0 Å². The number of anilines is 1. The summed E-state index contributed by atoms with van der Waals surface area (Å²) < 4.78 is 0. The molecule has 2 aliphatic rings. The van der Waals surface area contributed by atoms with Gasteiger partial charge in [-0.25, -0.2) is 0 Å². The van der Waals surface area contributed by atoms with Crippen LogP contribution >= 0.6 is 24.2 Å². The van der Waals surface area contributed by atoms with E-state index in [9.17, 15) is 4.79 Å². The fourth-order valence-electron chi connectivity index (χ4n) is 3.54. The van der Waals surface area contributed by atoms with Gasteiger partial charge in [-0.1, -0.05) is 19.3 Å². The minimum Gasteiger partial charge on any atom is -0.326 e. The third-order valence-electron chi connectivity index (χ3n) is 5.02. The number of hydrogen-bond acceptors (Lipinski definition) is 3. The van der Waals surface area contributed by atoms with Crippen molar-refractivity contribution >= 4 is 35.8 Å². The Morgan fingerprint density at radius 3 is 2.50 bits per heavy atom. The zero-order valence-corrected chi connectivity index (χ0v) is 16.1. The van der Waals surface area contributed by atoms with E-state index >= 15 is 0 Å². The van der Waals surface area contributed by atoms with Crippen LogP contribution in [0.4, 0.5) is 5.69 Å². The standard InChI is InChI=1S/C19H28N2OS.ClH/c1-14-13-17(23-16-5-3-2-4-6-16)7-8-18(14)21-19(22)15-9-11-20-12-10-15;/h7-8,13,15-16,20H,2-6,9-12H2,1H3,(H,21,22);1H. The highest BCUT2D eigenvalue weighted by Gasteiger charge is 2.21. The number of piperidine rings is 1. The Hall–Kier alpha value is -0.710. The molecule has 1 saturated heterocycles. The first kappa shape index (κ1) is 19.6. The molecule has 0 radical (unpaired) electrons. The molecule has 3 rings (SSSR count). The molecule has 1 aliphatic carbocycles. The van der Waals surface area contributed by atoms with Gasteiger partial charge in [-0.3, -0.25) is 4.79 Å². The summed E-state index contributed by atoms with van der Waals surface area (Å²) in [5.41, 5.74) is 2.15. The summed E-state index contributed by atoms with van der Waals surface area (Å²) in [7, 11) is 0. The summed E-state index contributed by atoms with van der Waals surface area (Å²) in [6, 6.07) is 6.49. The summed E-state index contributed by atoms with van der Waals surface area (Å²) in [6.07, 6.45) is 8.73. The normalized spacial score (nSPS) is 19.5. The van der Waals surface area contributed by atoms with E-state index in [-0.39, 0.29) is 24.2 Å². The quantitative estimate of drug-likeness (QED) is 0.803. The smallest absolute Gasteiger partial charge is 0.227 e. The van der Waals surface area contributed by atoms with Crippen LogP contribution in [-0.2, 0) is 4.79 Å². The molecule has 0 aromatic heterocycles. The van der Waals surface area contributed by atoms with Crippen molar-refractivity contribution in [2.75, 3.05) is 18.4 Å². The highest BCUT2D eigenvalue weighted by atomic mass is 35.5. The van der Waals surface area contributed by atoms with Gasteiger partial charge in [-0.05, 0) is 69.5 Å². The Kier molecular flexibility index (Phi) is 7.92. The number of aryl methyl sites for hydroxylation is 1. The van der Waals surface area contributed by atoms with Crippen LogP contribution in [0.25, 0.3) is 0 Å². The fraction of sp³-hybridized carbons (Fsp3) is 0.632. The van der Waals surface area contributed by atoms with Gasteiger partial charge in [0.25, 0.3) is 0 Å². The van der Waals surface area contributed by atoms with Crippen LogP contribution < -0.4 is 10.6 Å². The van der Waals surface area contributed by atoms with E-state index in [2.05, 4.69) is 35.8 Å². The van der Waals surface area contributed by atoms with E-state index < -0.39 is 0 Å². The summed E-state index contributed by atoms with van der Waals surface area (Å²) in [6.45, 7) is 4.00. The van der Waals surface area contributed by atoms with Crippen molar-refractivity contribution in [3.8, 4) is 0 Å². The Morgan fingerprint density at radius 2 is 1.83 bits per heavy atom. The lowest BCUT2D eigenvalue weighted by Crippen LogP contribution is -2.34. The predicted octanol–water partition coefficient (Wildman–Crippen LogP) is 4.78. The zero-order valence-electron chi connectivity index (χ0n) is 14.5. The average Bonchev–Trinajstić information content (AvgIpc) is 2.59. The summed E-state index contributed by atoms with van der Waals surface area (Å²) in [4.78, 5) is 13.7. The number of halogens is 1. The molecule has 0 unspecified atom stereocenters. The molecule has 0 spiro atoms. The maximum Gasteiger partial charge on any atom is 0.227 e. The van der Waals surface area contributed by atoms with Crippen molar-refractivity contribution in [3.05, 3.63) is 23.8 Å². The highest BCUT2D eigenvalue weighted by molar-refractivity contribution is 8.00. The Morgan fingerprint density at radius 1 is 1.12 bits per heavy atom. The molecule has 1 heterocycles. The first-order valence-corrected chi connectivity index (χ1v) is 9.89. The molecule has 134 valence electrons. The topological polar surface area (TPSA) is 41.1 Å². The number of carbonyl (C=O) groups is 1. The van der Waals surface area contributed by atoms with Gasteiger partial charge in [-0.15, -0.1) is 24.2 Å². The molecule has 1 aromatic rings. The van der Waals surface area contributed by atoms with Crippen LogP contribution in [0.1, 0.15) is 50.5 Å². The molecule has 3 nitrogen and oxygen atoms in total. The number of rotatable bonds is 4. The molecule has 1 amide bonds. The van der Waals surface area contributed by atoms with Crippen LogP contribution in [0.2, 0.25) is 0 Å². The molecule has 1 saturated carbocycles. The van der Waals surface area contributed by atoms with Gasteiger partial charge in [0.2, 0.25) is 5.91 Å². The average molecular weight is 369 g/mol. The third kappa shape index (κ3) is 5.40. The van der Waals surface area contributed by atoms with Gasteiger partial charge >= 0.3 is 0 Å². The van der Waals surface area contributed by atoms with E-state index in [1.54, 1.807) is 0 Å².